The van der Waals surface area contributed by atoms with Crippen molar-refractivity contribution >= 4 is 17.3 Å². The highest BCUT2D eigenvalue weighted by atomic mass is 19.1. The minimum absolute atomic E-state index is 0.0761. The van der Waals surface area contributed by atoms with Crippen LogP contribution in [0, 0.1) is 22.9 Å². The number of amides is 1. The van der Waals surface area contributed by atoms with E-state index in [9.17, 15) is 19.3 Å². The fourth-order valence-electron chi connectivity index (χ4n) is 2.91. The number of nitrogens with one attached hydrogen (secondary N) is 1. The topological polar surface area (TPSA) is 125 Å². The summed E-state index contributed by atoms with van der Waals surface area (Å²) in [5, 5.41) is 24.8. The molecule has 0 unspecified atom stereocenters. The Hall–Kier alpha value is -4.67. The zero-order valence-electron chi connectivity index (χ0n) is 16.6. The zero-order valence-corrected chi connectivity index (χ0v) is 16.6. The summed E-state index contributed by atoms with van der Waals surface area (Å²) in [5.74, 6) is -0.524. The number of ether oxygens (including phenoxy) is 1. The highest BCUT2D eigenvalue weighted by Crippen LogP contribution is 2.30. The molecule has 10 nitrogen and oxygen atoms in total. The van der Waals surface area contributed by atoms with E-state index in [1.807, 2.05) is 0 Å². The number of carbonyl (C=O) groups excluding carboxylic acids is 1. The highest BCUT2D eigenvalue weighted by Gasteiger charge is 2.20. The van der Waals surface area contributed by atoms with Crippen molar-refractivity contribution in [1.82, 2.24) is 20.2 Å². The lowest BCUT2D eigenvalue weighted by Crippen LogP contribution is -2.15. The summed E-state index contributed by atoms with van der Waals surface area (Å²) in [7, 11) is 0. The van der Waals surface area contributed by atoms with E-state index in [0.29, 0.717) is 17.3 Å². The molecule has 0 aliphatic heterocycles. The Kier molecular flexibility index (Phi) is 5.53. The third-order valence-electron chi connectivity index (χ3n) is 4.46. The van der Waals surface area contributed by atoms with Gasteiger partial charge in [-0.2, -0.15) is 4.68 Å². The van der Waals surface area contributed by atoms with Crippen molar-refractivity contribution < 1.29 is 18.8 Å². The molecule has 0 bridgehead atoms. The Balaban J connectivity index is 1.69. The van der Waals surface area contributed by atoms with E-state index in [1.54, 1.807) is 37.3 Å². The van der Waals surface area contributed by atoms with Crippen LogP contribution in [0.3, 0.4) is 0 Å². The second-order valence-corrected chi connectivity index (χ2v) is 6.61. The van der Waals surface area contributed by atoms with Gasteiger partial charge in [0.1, 0.15) is 17.3 Å². The maximum absolute atomic E-state index is 14.4. The van der Waals surface area contributed by atoms with Gasteiger partial charge in [0.05, 0.1) is 21.9 Å². The summed E-state index contributed by atoms with van der Waals surface area (Å²) >= 11 is 0. The summed E-state index contributed by atoms with van der Waals surface area (Å²) in [5.41, 5.74) is -0.177. The molecule has 0 saturated heterocycles. The molecule has 0 aliphatic carbocycles. The van der Waals surface area contributed by atoms with Crippen LogP contribution in [0.5, 0.6) is 11.5 Å². The molecule has 1 aromatic heterocycles. The van der Waals surface area contributed by atoms with E-state index in [1.165, 1.54) is 28.9 Å². The predicted molar refractivity (Wildman–Crippen MR) is 111 cm³/mol. The fourth-order valence-corrected chi connectivity index (χ4v) is 2.91. The van der Waals surface area contributed by atoms with Crippen molar-refractivity contribution in [3.63, 3.8) is 0 Å². The van der Waals surface area contributed by atoms with Gasteiger partial charge >= 0.3 is 0 Å². The van der Waals surface area contributed by atoms with Gasteiger partial charge in [0.2, 0.25) is 0 Å². The number of aromatic nitrogens is 4. The van der Waals surface area contributed by atoms with E-state index >= 15 is 0 Å². The van der Waals surface area contributed by atoms with Gasteiger partial charge in [0.25, 0.3) is 11.6 Å². The lowest BCUT2D eigenvalue weighted by molar-refractivity contribution is -0.384. The SMILES string of the molecule is Cc1nnnn1-c1ccc(F)c(NC(=O)c2cc([N+](=O)[O-])ccc2Oc2ccccc2)c1. The normalized spacial score (nSPS) is 10.6. The van der Waals surface area contributed by atoms with Crippen LogP contribution in [0.4, 0.5) is 15.8 Å². The number of nitro groups is 1. The average molecular weight is 434 g/mol. The number of nitro benzene ring substituents is 1. The van der Waals surface area contributed by atoms with Gasteiger partial charge in [-0.25, -0.2) is 4.39 Å². The number of halogens is 1. The molecule has 0 fully saturated rings. The summed E-state index contributed by atoms with van der Waals surface area (Å²) in [4.78, 5) is 23.6. The van der Waals surface area contributed by atoms with Gasteiger partial charge < -0.3 is 10.1 Å². The number of non-ortho nitro benzene ring substituents is 1. The van der Waals surface area contributed by atoms with Crippen molar-refractivity contribution in [2.24, 2.45) is 0 Å². The second kappa shape index (κ2) is 8.60. The molecule has 32 heavy (non-hydrogen) atoms. The second-order valence-electron chi connectivity index (χ2n) is 6.61. The van der Waals surface area contributed by atoms with Crippen LogP contribution in [-0.4, -0.2) is 31.0 Å². The number of hydrogen-bond donors (Lipinski definition) is 1. The minimum atomic E-state index is -0.788. The lowest BCUT2D eigenvalue weighted by Gasteiger charge is -2.13. The quantitative estimate of drug-likeness (QED) is 0.358. The van der Waals surface area contributed by atoms with E-state index in [-0.39, 0.29) is 22.7 Å². The molecule has 4 aromatic rings. The Morgan fingerprint density at radius 1 is 1.12 bits per heavy atom. The molecule has 11 heteroatoms. The van der Waals surface area contributed by atoms with Crippen LogP contribution in [0.2, 0.25) is 0 Å². The van der Waals surface area contributed by atoms with Gasteiger partial charge in [0, 0.05) is 12.1 Å². The first-order valence-electron chi connectivity index (χ1n) is 9.30. The Morgan fingerprint density at radius 2 is 1.91 bits per heavy atom. The molecule has 160 valence electrons. The minimum Gasteiger partial charge on any atom is -0.457 e. The first-order chi connectivity index (χ1) is 15.4. The van der Waals surface area contributed by atoms with E-state index in [0.717, 1.165) is 12.1 Å². The number of carbonyl (C=O) groups is 1. The maximum atomic E-state index is 14.4. The van der Waals surface area contributed by atoms with Gasteiger partial charge in [0.15, 0.2) is 5.82 Å². The van der Waals surface area contributed by atoms with Crippen molar-refractivity contribution in [3.8, 4) is 17.2 Å². The molecule has 0 saturated carbocycles. The number of aryl methyl sites for hydroxylation is 1. The van der Waals surface area contributed by atoms with Crippen molar-refractivity contribution in [2.45, 2.75) is 6.92 Å². The molecule has 0 aliphatic rings. The Bertz CT molecular complexity index is 1310. The summed E-state index contributed by atoms with van der Waals surface area (Å²) in [6, 6.07) is 16.2. The van der Waals surface area contributed by atoms with Gasteiger partial charge in [-0.15, -0.1) is 5.10 Å². The number of anilines is 1. The molecule has 1 heterocycles. The summed E-state index contributed by atoms with van der Waals surface area (Å²) in [6.07, 6.45) is 0. The number of benzene rings is 3. The fraction of sp³-hybridized carbons (Fsp3) is 0.0476. The monoisotopic (exact) mass is 434 g/mol. The van der Waals surface area contributed by atoms with Crippen molar-refractivity contribution in [1.29, 1.82) is 0 Å². The standard InChI is InChI=1S/C21H15FN6O4/c1-13-24-25-26-27(13)14-7-9-18(22)19(12-14)23-21(29)17-11-15(28(30)31)8-10-20(17)32-16-5-3-2-4-6-16/h2-12H,1H3,(H,23,29). The molecule has 1 amide bonds. The third-order valence-corrected chi connectivity index (χ3v) is 4.46. The number of nitrogens with zero attached hydrogens (tertiary/aromatic N) is 5. The van der Waals surface area contributed by atoms with Gasteiger partial charge in [-0.3, -0.25) is 14.9 Å². The first kappa shape index (κ1) is 20.6. The third kappa shape index (κ3) is 4.26. The van der Waals surface area contributed by atoms with E-state index in [2.05, 4.69) is 20.8 Å². The maximum Gasteiger partial charge on any atom is 0.270 e. The molecule has 0 spiro atoms. The van der Waals surface area contributed by atoms with Gasteiger partial charge in [-0.1, -0.05) is 18.2 Å². The average Bonchev–Trinajstić information content (AvgIpc) is 3.22. The first-order valence-corrected chi connectivity index (χ1v) is 9.30. The Morgan fingerprint density at radius 3 is 2.59 bits per heavy atom. The van der Waals surface area contributed by atoms with Crippen LogP contribution in [0.1, 0.15) is 16.2 Å². The van der Waals surface area contributed by atoms with Crippen molar-refractivity contribution in [2.75, 3.05) is 5.32 Å². The number of hydrogen-bond acceptors (Lipinski definition) is 7. The molecular weight excluding hydrogens is 419 g/mol. The van der Waals surface area contributed by atoms with Crippen LogP contribution in [0.25, 0.3) is 5.69 Å². The van der Waals surface area contributed by atoms with Crippen LogP contribution in [-0.2, 0) is 0 Å². The molecule has 1 N–H and O–H groups in total. The number of rotatable bonds is 6. The van der Waals surface area contributed by atoms with Gasteiger partial charge in [-0.05, 0) is 53.7 Å². The lowest BCUT2D eigenvalue weighted by atomic mass is 10.1. The Labute approximate surface area is 180 Å². The van der Waals surface area contributed by atoms with Crippen LogP contribution < -0.4 is 10.1 Å². The van der Waals surface area contributed by atoms with Crippen LogP contribution in [0.15, 0.2) is 66.7 Å². The van der Waals surface area contributed by atoms with E-state index < -0.39 is 16.6 Å². The van der Waals surface area contributed by atoms with E-state index in [4.69, 9.17) is 4.74 Å². The molecule has 4 rings (SSSR count). The molecule has 0 atom stereocenters. The smallest absolute Gasteiger partial charge is 0.270 e. The molecular formula is C21H15FN6O4. The molecule has 3 aromatic carbocycles. The summed E-state index contributed by atoms with van der Waals surface area (Å²) in [6.45, 7) is 1.66. The zero-order chi connectivity index (χ0) is 22.7. The highest BCUT2D eigenvalue weighted by molar-refractivity contribution is 6.06. The van der Waals surface area contributed by atoms with Crippen LogP contribution >= 0.6 is 0 Å². The molecule has 0 radical (unpaired) electrons. The number of para-hydroxylation sites is 1. The summed E-state index contributed by atoms with van der Waals surface area (Å²) < 4.78 is 21.5. The number of tetrazole rings is 1. The predicted octanol–water partition coefficient (Wildman–Crippen LogP) is 4.06. The van der Waals surface area contributed by atoms with Crippen molar-refractivity contribution in [3.05, 3.63) is 94.0 Å². The largest absolute Gasteiger partial charge is 0.457 e.